The fourth-order valence-electron chi connectivity index (χ4n) is 2.47. The molecular formula is C15H20FN3O3S. The Morgan fingerprint density at radius 1 is 1.52 bits per heavy atom. The van der Waals surface area contributed by atoms with E-state index in [-0.39, 0.29) is 18.2 Å². The second-order valence-electron chi connectivity index (χ2n) is 5.37. The first-order valence-electron chi connectivity index (χ1n) is 7.34. The summed E-state index contributed by atoms with van der Waals surface area (Å²) in [5.41, 5.74) is 6.21. The highest BCUT2D eigenvalue weighted by molar-refractivity contribution is 8.00. The molecule has 1 aliphatic rings. The number of rotatable bonds is 6. The Bertz CT molecular complexity index is 599. The van der Waals surface area contributed by atoms with Crippen molar-refractivity contribution < 1.29 is 19.1 Å². The Morgan fingerprint density at radius 2 is 2.26 bits per heavy atom. The van der Waals surface area contributed by atoms with Crippen molar-refractivity contribution in [1.82, 2.24) is 10.6 Å². The van der Waals surface area contributed by atoms with Gasteiger partial charge in [0.15, 0.2) is 0 Å². The molecule has 0 bridgehead atoms. The normalized spacial score (nSPS) is 21.9. The molecule has 6 nitrogen and oxygen atoms in total. The van der Waals surface area contributed by atoms with Crippen LogP contribution in [0.15, 0.2) is 18.2 Å². The van der Waals surface area contributed by atoms with Gasteiger partial charge in [-0.2, -0.15) is 0 Å². The number of benzene rings is 1. The molecule has 1 heterocycles. The van der Waals surface area contributed by atoms with Gasteiger partial charge in [-0.3, -0.25) is 14.9 Å². The molecular weight excluding hydrogens is 321 g/mol. The smallest absolute Gasteiger partial charge is 0.322 e. The van der Waals surface area contributed by atoms with Gasteiger partial charge in [0.05, 0.1) is 0 Å². The van der Waals surface area contributed by atoms with Crippen LogP contribution >= 0.6 is 11.8 Å². The molecule has 0 aromatic heterocycles. The first-order chi connectivity index (χ1) is 10.9. The van der Waals surface area contributed by atoms with Crippen LogP contribution in [0, 0.1) is 5.82 Å². The highest BCUT2D eigenvalue weighted by Crippen LogP contribution is 2.34. The summed E-state index contributed by atoms with van der Waals surface area (Å²) in [4.78, 5) is 22.7. The number of hydrogen-bond donors (Lipinski definition) is 4. The largest absolute Gasteiger partial charge is 0.480 e. The van der Waals surface area contributed by atoms with Crippen LogP contribution in [0.4, 0.5) is 4.39 Å². The number of carbonyl (C=O) groups excluding carboxylic acids is 1. The summed E-state index contributed by atoms with van der Waals surface area (Å²) in [6.45, 7) is 1.85. The first kappa shape index (κ1) is 17.7. The summed E-state index contributed by atoms with van der Waals surface area (Å²) >= 11 is 1.77. The van der Waals surface area contributed by atoms with E-state index in [0.717, 1.165) is 23.9 Å². The monoisotopic (exact) mass is 341 g/mol. The zero-order chi connectivity index (χ0) is 17.0. The van der Waals surface area contributed by atoms with Crippen molar-refractivity contribution in [3.8, 4) is 0 Å². The minimum atomic E-state index is -1.21. The van der Waals surface area contributed by atoms with E-state index < -0.39 is 23.7 Å². The second kappa shape index (κ2) is 7.76. The maximum atomic E-state index is 13.9. The molecule has 2 rings (SSSR count). The number of carboxylic acid groups (broad SMARTS) is 1. The van der Waals surface area contributed by atoms with E-state index >= 15 is 0 Å². The lowest BCUT2D eigenvalue weighted by Crippen LogP contribution is -2.42. The number of amides is 1. The number of nitrogens with one attached hydrogen (secondary N) is 2. The summed E-state index contributed by atoms with van der Waals surface area (Å²) in [6.07, 6.45) is 0.938. The van der Waals surface area contributed by atoms with Gasteiger partial charge in [-0.05, 0) is 30.2 Å². The second-order valence-corrected chi connectivity index (χ2v) is 6.60. The summed E-state index contributed by atoms with van der Waals surface area (Å²) in [7, 11) is 0. The maximum Gasteiger partial charge on any atom is 0.322 e. The van der Waals surface area contributed by atoms with Crippen LogP contribution in [0.1, 0.15) is 35.3 Å². The van der Waals surface area contributed by atoms with E-state index in [0.29, 0.717) is 5.25 Å². The van der Waals surface area contributed by atoms with E-state index in [1.165, 1.54) is 6.07 Å². The Labute approximate surface area is 138 Å². The highest BCUT2D eigenvalue weighted by atomic mass is 32.2. The van der Waals surface area contributed by atoms with Gasteiger partial charge in [-0.1, -0.05) is 6.92 Å². The number of thioether (sulfide) groups is 1. The average Bonchev–Trinajstić information content (AvgIpc) is 3.00. The molecule has 2 unspecified atom stereocenters. The minimum Gasteiger partial charge on any atom is -0.480 e. The number of halogens is 1. The third kappa shape index (κ3) is 4.43. The van der Waals surface area contributed by atoms with E-state index in [1.807, 2.05) is 0 Å². The molecule has 1 aromatic rings. The molecule has 8 heteroatoms. The van der Waals surface area contributed by atoms with Crippen molar-refractivity contribution >= 4 is 23.6 Å². The van der Waals surface area contributed by atoms with Crippen LogP contribution in [0.3, 0.4) is 0 Å². The SMILES string of the molecule is CCC1SCNC1c1cc(F)cc(C(=O)NC[C@@H](N)C(=O)O)c1. The quantitative estimate of drug-likeness (QED) is 0.617. The van der Waals surface area contributed by atoms with Crippen LogP contribution in [-0.2, 0) is 4.79 Å². The first-order valence-corrected chi connectivity index (χ1v) is 8.39. The van der Waals surface area contributed by atoms with Crippen molar-refractivity contribution in [1.29, 1.82) is 0 Å². The van der Waals surface area contributed by atoms with E-state index in [9.17, 15) is 14.0 Å². The molecule has 0 saturated carbocycles. The van der Waals surface area contributed by atoms with Gasteiger partial charge >= 0.3 is 5.97 Å². The average molecular weight is 341 g/mol. The minimum absolute atomic E-state index is 0.00599. The predicted octanol–water partition coefficient (Wildman–Crippen LogP) is 1.08. The molecule has 3 atom stereocenters. The fraction of sp³-hybridized carbons (Fsp3) is 0.467. The molecule has 1 fully saturated rings. The number of carbonyl (C=O) groups is 2. The Morgan fingerprint density at radius 3 is 2.91 bits per heavy atom. The number of carboxylic acids is 1. The van der Waals surface area contributed by atoms with Crippen LogP contribution in [-0.4, -0.2) is 40.7 Å². The Kier molecular flexibility index (Phi) is 5.97. The highest BCUT2D eigenvalue weighted by Gasteiger charge is 2.28. The van der Waals surface area contributed by atoms with Crippen LogP contribution in [0.5, 0.6) is 0 Å². The number of hydrogen-bond acceptors (Lipinski definition) is 5. The van der Waals surface area contributed by atoms with Gasteiger partial charge in [0, 0.05) is 29.3 Å². The Balaban J connectivity index is 2.13. The van der Waals surface area contributed by atoms with Gasteiger partial charge in [0.25, 0.3) is 5.91 Å². The molecule has 1 aromatic carbocycles. The lowest BCUT2D eigenvalue weighted by Gasteiger charge is -2.18. The topological polar surface area (TPSA) is 104 Å². The summed E-state index contributed by atoms with van der Waals surface area (Å²) in [5, 5.41) is 14.7. The number of nitrogens with two attached hydrogens (primary N) is 1. The number of aliphatic carboxylic acids is 1. The molecule has 1 saturated heterocycles. The molecule has 1 amide bonds. The van der Waals surface area contributed by atoms with Crippen LogP contribution in [0.25, 0.3) is 0 Å². The van der Waals surface area contributed by atoms with Gasteiger partial charge in [0.1, 0.15) is 11.9 Å². The van der Waals surface area contributed by atoms with Crippen molar-refractivity contribution in [2.45, 2.75) is 30.7 Å². The Hall–Kier alpha value is -1.64. The summed E-state index contributed by atoms with van der Waals surface area (Å²) in [5.74, 6) is -1.46. The standard InChI is InChI=1S/C15H20FN3O3S/c1-2-12-13(19-7-23-12)8-3-9(5-10(16)4-8)14(20)18-6-11(17)15(21)22/h3-5,11-13,19H,2,6-7,17H2,1H3,(H,18,20)(H,21,22)/t11-,12?,13?/m1/s1. The predicted molar refractivity (Wildman–Crippen MR) is 86.8 cm³/mol. The zero-order valence-corrected chi connectivity index (χ0v) is 13.5. The van der Waals surface area contributed by atoms with Gasteiger partial charge in [-0.15, -0.1) is 11.8 Å². The fourth-order valence-corrected chi connectivity index (χ4v) is 3.65. The van der Waals surface area contributed by atoms with Gasteiger partial charge < -0.3 is 16.2 Å². The van der Waals surface area contributed by atoms with Crippen LogP contribution < -0.4 is 16.4 Å². The van der Waals surface area contributed by atoms with Gasteiger partial charge in [-0.25, -0.2) is 4.39 Å². The maximum absolute atomic E-state index is 13.9. The lowest BCUT2D eigenvalue weighted by atomic mass is 9.99. The molecule has 0 aliphatic carbocycles. The molecule has 23 heavy (non-hydrogen) atoms. The van der Waals surface area contributed by atoms with Crippen LogP contribution in [0.2, 0.25) is 0 Å². The summed E-state index contributed by atoms with van der Waals surface area (Å²) in [6, 6.07) is 3.00. The molecule has 126 valence electrons. The van der Waals surface area contributed by atoms with Crippen molar-refractivity contribution in [3.05, 3.63) is 35.1 Å². The van der Waals surface area contributed by atoms with E-state index in [2.05, 4.69) is 17.6 Å². The van der Waals surface area contributed by atoms with Crippen molar-refractivity contribution in [2.24, 2.45) is 5.73 Å². The molecule has 5 N–H and O–H groups in total. The zero-order valence-electron chi connectivity index (χ0n) is 12.7. The third-order valence-corrected chi connectivity index (χ3v) is 5.08. The van der Waals surface area contributed by atoms with E-state index in [4.69, 9.17) is 10.8 Å². The molecule has 1 aliphatic heterocycles. The lowest BCUT2D eigenvalue weighted by molar-refractivity contribution is -0.138. The van der Waals surface area contributed by atoms with Crippen molar-refractivity contribution in [3.63, 3.8) is 0 Å². The van der Waals surface area contributed by atoms with Gasteiger partial charge in [0.2, 0.25) is 0 Å². The molecule has 0 spiro atoms. The molecule has 0 radical (unpaired) electrons. The summed E-state index contributed by atoms with van der Waals surface area (Å²) < 4.78 is 13.9. The van der Waals surface area contributed by atoms with E-state index in [1.54, 1.807) is 17.8 Å². The van der Waals surface area contributed by atoms with Crippen molar-refractivity contribution in [2.75, 3.05) is 12.4 Å². The third-order valence-electron chi connectivity index (χ3n) is 3.72.